The number of benzene rings is 2. The van der Waals surface area contributed by atoms with Crippen LogP contribution in [0.15, 0.2) is 53.6 Å². The standard InChI is InChI=1S/C16H15Cl2N5O/c17-12-7-4-8-13(18)11(12)9-19-22-16-20-15(24)14(21-23-16)10-5-2-1-3-6-10/h1-9,14,16,21-23H,(H,20,24)/b19-9+. The number of nitrogens with one attached hydrogen (secondary N) is 4. The fourth-order valence-corrected chi connectivity index (χ4v) is 2.74. The minimum atomic E-state index is -0.560. The van der Waals surface area contributed by atoms with Crippen molar-refractivity contribution in [3.63, 3.8) is 0 Å². The Morgan fingerprint density at radius 2 is 1.71 bits per heavy atom. The molecule has 1 aliphatic heterocycles. The fraction of sp³-hybridized carbons (Fsp3) is 0.125. The summed E-state index contributed by atoms with van der Waals surface area (Å²) in [5, 5.41) is 7.83. The van der Waals surface area contributed by atoms with Gasteiger partial charge < -0.3 is 5.32 Å². The molecule has 0 aromatic heterocycles. The molecule has 1 amide bonds. The molecule has 0 bridgehead atoms. The summed E-state index contributed by atoms with van der Waals surface area (Å²) < 4.78 is 0. The highest BCUT2D eigenvalue weighted by molar-refractivity contribution is 6.38. The topological polar surface area (TPSA) is 77.5 Å². The molecule has 1 fully saturated rings. The first kappa shape index (κ1) is 16.7. The highest BCUT2D eigenvalue weighted by Crippen LogP contribution is 2.22. The maximum atomic E-state index is 12.2. The van der Waals surface area contributed by atoms with Gasteiger partial charge in [-0.2, -0.15) is 5.10 Å². The molecule has 1 saturated heterocycles. The van der Waals surface area contributed by atoms with Crippen molar-refractivity contribution < 1.29 is 4.79 Å². The van der Waals surface area contributed by atoms with Crippen molar-refractivity contribution in [2.45, 2.75) is 12.3 Å². The van der Waals surface area contributed by atoms with Gasteiger partial charge in [0.05, 0.1) is 16.3 Å². The third kappa shape index (κ3) is 3.85. The van der Waals surface area contributed by atoms with E-state index in [1.54, 1.807) is 18.2 Å². The first-order valence-corrected chi connectivity index (χ1v) is 8.00. The molecule has 0 aliphatic carbocycles. The number of carbonyl (C=O) groups excluding carboxylic acids is 1. The Morgan fingerprint density at radius 3 is 2.38 bits per heavy atom. The van der Waals surface area contributed by atoms with Gasteiger partial charge in [0.2, 0.25) is 5.91 Å². The number of nitrogens with zero attached hydrogens (tertiary/aromatic N) is 1. The first-order valence-electron chi connectivity index (χ1n) is 7.24. The fourth-order valence-electron chi connectivity index (χ4n) is 2.25. The van der Waals surface area contributed by atoms with E-state index in [-0.39, 0.29) is 5.91 Å². The van der Waals surface area contributed by atoms with Crippen LogP contribution in [0.3, 0.4) is 0 Å². The number of hydrazone groups is 1. The van der Waals surface area contributed by atoms with Gasteiger partial charge in [-0.25, -0.2) is 10.9 Å². The Bertz CT molecular complexity index is 733. The van der Waals surface area contributed by atoms with Crippen molar-refractivity contribution in [1.82, 2.24) is 21.6 Å². The van der Waals surface area contributed by atoms with Crippen molar-refractivity contribution >= 4 is 35.3 Å². The molecule has 8 heteroatoms. The van der Waals surface area contributed by atoms with Gasteiger partial charge >= 0.3 is 0 Å². The normalized spacial score (nSPS) is 20.8. The van der Waals surface area contributed by atoms with Crippen LogP contribution in [0.5, 0.6) is 0 Å². The molecule has 2 aromatic rings. The van der Waals surface area contributed by atoms with Gasteiger partial charge in [0, 0.05) is 5.56 Å². The van der Waals surface area contributed by atoms with Crippen LogP contribution in [-0.4, -0.2) is 18.4 Å². The second kappa shape index (κ2) is 7.63. The summed E-state index contributed by atoms with van der Waals surface area (Å²) in [5.74, 6) is -0.163. The number of carbonyl (C=O) groups is 1. The molecule has 2 atom stereocenters. The van der Waals surface area contributed by atoms with E-state index >= 15 is 0 Å². The molecule has 0 spiro atoms. The van der Waals surface area contributed by atoms with E-state index in [1.165, 1.54) is 6.21 Å². The summed E-state index contributed by atoms with van der Waals surface area (Å²) in [6.45, 7) is 0. The van der Waals surface area contributed by atoms with Crippen molar-refractivity contribution in [1.29, 1.82) is 0 Å². The summed E-state index contributed by atoms with van der Waals surface area (Å²) in [6.07, 6.45) is 0.942. The molecule has 2 aromatic carbocycles. The Labute approximate surface area is 149 Å². The lowest BCUT2D eigenvalue weighted by Crippen LogP contribution is -2.65. The Hall–Kier alpha value is -2.12. The first-order chi connectivity index (χ1) is 11.6. The SMILES string of the molecule is O=C1NC(N/N=C/c2c(Cl)cccc2Cl)NNC1c1ccccc1. The number of rotatable bonds is 4. The van der Waals surface area contributed by atoms with Crippen LogP contribution in [0.25, 0.3) is 0 Å². The summed E-state index contributed by atoms with van der Waals surface area (Å²) in [5.41, 5.74) is 10.1. The summed E-state index contributed by atoms with van der Waals surface area (Å²) in [7, 11) is 0. The van der Waals surface area contributed by atoms with E-state index < -0.39 is 12.3 Å². The highest BCUT2D eigenvalue weighted by Gasteiger charge is 2.27. The van der Waals surface area contributed by atoms with Gasteiger partial charge in [0.15, 0.2) is 6.29 Å². The van der Waals surface area contributed by atoms with Gasteiger partial charge in [-0.3, -0.25) is 10.2 Å². The molecule has 0 radical (unpaired) electrons. The molecular formula is C16H15Cl2N5O. The zero-order chi connectivity index (χ0) is 16.9. The van der Waals surface area contributed by atoms with E-state index in [0.29, 0.717) is 15.6 Å². The van der Waals surface area contributed by atoms with Gasteiger partial charge in [0.1, 0.15) is 6.04 Å². The second-order valence-electron chi connectivity index (χ2n) is 5.10. The number of halogens is 2. The number of amides is 1. The molecule has 2 unspecified atom stereocenters. The molecule has 24 heavy (non-hydrogen) atoms. The minimum absolute atomic E-state index is 0.163. The Morgan fingerprint density at radius 1 is 1.00 bits per heavy atom. The molecule has 0 saturated carbocycles. The number of hydrogen-bond donors (Lipinski definition) is 4. The largest absolute Gasteiger partial charge is 0.320 e. The zero-order valence-corrected chi connectivity index (χ0v) is 14.0. The Kier molecular flexibility index (Phi) is 5.32. The Balaban J connectivity index is 1.59. The van der Waals surface area contributed by atoms with E-state index in [2.05, 4.69) is 26.7 Å². The average molecular weight is 364 g/mol. The summed E-state index contributed by atoms with van der Waals surface area (Å²) >= 11 is 12.1. The summed E-state index contributed by atoms with van der Waals surface area (Å²) in [4.78, 5) is 12.2. The van der Waals surface area contributed by atoms with Crippen molar-refractivity contribution in [3.8, 4) is 0 Å². The number of hydrazine groups is 1. The van der Waals surface area contributed by atoms with E-state index in [4.69, 9.17) is 23.2 Å². The van der Waals surface area contributed by atoms with E-state index in [0.717, 1.165) is 5.56 Å². The molecule has 3 rings (SSSR count). The second-order valence-corrected chi connectivity index (χ2v) is 5.91. The van der Waals surface area contributed by atoms with Crippen LogP contribution in [0.1, 0.15) is 17.2 Å². The van der Waals surface area contributed by atoms with Crippen LogP contribution in [0.4, 0.5) is 0 Å². The van der Waals surface area contributed by atoms with Crippen molar-refractivity contribution in [2.24, 2.45) is 5.10 Å². The van der Waals surface area contributed by atoms with Crippen LogP contribution in [-0.2, 0) is 4.79 Å². The minimum Gasteiger partial charge on any atom is -0.320 e. The van der Waals surface area contributed by atoms with Crippen molar-refractivity contribution in [3.05, 3.63) is 69.7 Å². The van der Waals surface area contributed by atoms with Crippen LogP contribution < -0.4 is 21.6 Å². The molecule has 124 valence electrons. The lowest BCUT2D eigenvalue weighted by molar-refractivity contribution is -0.127. The molecule has 1 heterocycles. The lowest BCUT2D eigenvalue weighted by atomic mass is 10.1. The predicted molar refractivity (Wildman–Crippen MR) is 94.6 cm³/mol. The van der Waals surface area contributed by atoms with Gasteiger partial charge in [-0.1, -0.05) is 59.6 Å². The maximum Gasteiger partial charge on any atom is 0.245 e. The molecule has 1 aliphatic rings. The van der Waals surface area contributed by atoms with Crippen LogP contribution in [0.2, 0.25) is 10.0 Å². The smallest absolute Gasteiger partial charge is 0.245 e. The monoisotopic (exact) mass is 363 g/mol. The third-order valence-electron chi connectivity index (χ3n) is 3.45. The zero-order valence-electron chi connectivity index (χ0n) is 12.5. The van der Waals surface area contributed by atoms with Crippen LogP contribution >= 0.6 is 23.2 Å². The average Bonchev–Trinajstić information content (AvgIpc) is 2.58. The maximum absolute atomic E-state index is 12.2. The van der Waals surface area contributed by atoms with Gasteiger partial charge in [-0.15, -0.1) is 0 Å². The molecule has 6 nitrogen and oxygen atoms in total. The molecule has 4 N–H and O–H groups in total. The third-order valence-corrected chi connectivity index (χ3v) is 4.11. The van der Waals surface area contributed by atoms with Gasteiger partial charge in [0.25, 0.3) is 0 Å². The lowest BCUT2D eigenvalue weighted by Gasteiger charge is -2.31. The van der Waals surface area contributed by atoms with E-state index in [9.17, 15) is 4.79 Å². The summed E-state index contributed by atoms with van der Waals surface area (Å²) in [6, 6.07) is 14.2. The molecular weight excluding hydrogens is 349 g/mol. The van der Waals surface area contributed by atoms with Gasteiger partial charge in [-0.05, 0) is 17.7 Å². The van der Waals surface area contributed by atoms with E-state index in [1.807, 2.05) is 30.3 Å². The van der Waals surface area contributed by atoms with Crippen molar-refractivity contribution in [2.75, 3.05) is 0 Å². The predicted octanol–water partition coefficient (Wildman–Crippen LogP) is 2.17. The number of hydrogen-bond acceptors (Lipinski definition) is 5. The quantitative estimate of drug-likeness (QED) is 0.495. The van der Waals surface area contributed by atoms with Crippen LogP contribution in [0, 0.1) is 0 Å². The highest BCUT2D eigenvalue weighted by atomic mass is 35.5.